The lowest BCUT2D eigenvalue weighted by molar-refractivity contribution is 0.219. The van der Waals surface area contributed by atoms with Gasteiger partial charge >= 0.3 is 0 Å². The first-order chi connectivity index (χ1) is 8.61. The van der Waals surface area contributed by atoms with Crippen LogP contribution < -0.4 is 4.74 Å². The lowest BCUT2D eigenvalue weighted by Gasteiger charge is -2.12. The highest BCUT2D eigenvalue weighted by atomic mass is 19.1. The van der Waals surface area contributed by atoms with Gasteiger partial charge in [-0.05, 0) is 30.2 Å². The molecule has 0 aliphatic carbocycles. The van der Waals surface area contributed by atoms with Gasteiger partial charge in [-0.2, -0.15) is 0 Å². The minimum Gasteiger partial charge on any atom is -0.494 e. The van der Waals surface area contributed by atoms with Crippen LogP contribution in [0.1, 0.15) is 22.8 Å². The number of halogens is 1. The Kier molecular flexibility index (Phi) is 3.58. The summed E-state index contributed by atoms with van der Waals surface area (Å²) in [5.41, 5.74) is 2.06. The first kappa shape index (κ1) is 12.5. The van der Waals surface area contributed by atoms with E-state index in [1.807, 2.05) is 13.0 Å². The Morgan fingerprint density at radius 1 is 1.22 bits per heavy atom. The van der Waals surface area contributed by atoms with Crippen molar-refractivity contribution in [2.24, 2.45) is 0 Å². The predicted octanol–water partition coefficient (Wildman–Crippen LogP) is 2.62. The van der Waals surface area contributed by atoms with E-state index in [9.17, 15) is 9.50 Å². The number of aromatic nitrogens is 1. The molecule has 94 valence electrons. The fourth-order valence-corrected chi connectivity index (χ4v) is 1.77. The van der Waals surface area contributed by atoms with Crippen molar-refractivity contribution in [2.45, 2.75) is 13.0 Å². The molecule has 0 bridgehead atoms. The molecule has 1 aromatic carbocycles. The third-order valence-electron chi connectivity index (χ3n) is 2.70. The number of pyridine rings is 1. The molecule has 0 aliphatic heterocycles. The quantitative estimate of drug-likeness (QED) is 0.906. The standard InChI is InChI=1S/C14H14FNO2/c1-9-5-11(8-16-7-9)14(17)10-3-4-13(18-2)12(15)6-10/h3-8,14,17H,1-2H3. The fraction of sp³-hybridized carbons (Fsp3) is 0.214. The molecule has 2 aromatic rings. The van der Waals surface area contributed by atoms with Gasteiger partial charge in [0.05, 0.1) is 7.11 Å². The van der Waals surface area contributed by atoms with E-state index in [1.54, 1.807) is 18.5 Å². The Hall–Kier alpha value is -1.94. The van der Waals surface area contributed by atoms with E-state index in [4.69, 9.17) is 4.74 Å². The van der Waals surface area contributed by atoms with Gasteiger partial charge in [0.1, 0.15) is 6.10 Å². The highest BCUT2D eigenvalue weighted by molar-refractivity contribution is 5.35. The van der Waals surface area contributed by atoms with Gasteiger partial charge in [0.15, 0.2) is 11.6 Å². The summed E-state index contributed by atoms with van der Waals surface area (Å²) in [6.45, 7) is 1.89. The molecule has 1 aromatic heterocycles. The fourth-order valence-electron chi connectivity index (χ4n) is 1.77. The first-order valence-corrected chi connectivity index (χ1v) is 5.55. The van der Waals surface area contributed by atoms with Crippen molar-refractivity contribution in [3.8, 4) is 5.75 Å². The molecular weight excluding hydrogens is 233 g/mol. The number of rotatable bonds is 3. The third-order valence-corrected chi connectivity index (χ3v) is 2.70. The van der Waals surface area contributed by atoms with Gasteiger partial charge in [-0.15, -0.1) is 0 Å². The van der Waals surface area contributed by atoms with Crippen molar-refractivity contribution in [3.63, 3.8) is 0 Å². The molecule has 0 spiro atoms. The van der Waals surface area contributed by atoms with Crippen LogP contribution in [-0.2, 0) is 0 Å². The number of aryl methyl sites for hydroxylation is 1. The number of methoxy groups -OCH3 is 1. The summed E-state index contributed by atoms with van der Waals surface area (Å²) in [4.78, 5) is 4.01. The largest absolute Gasteiger partial charge is 0.494 e. The molecule has 0 saturated heterocycles. The van der Waals surface area contributed by atoms with Gasteiger partial charge in [0.25, 0.3) is 0 Å². The Bertz CT molecular complexity index is 557. The number of hydrogen-bond acceptors (Lipinski definition) is 3. The molecule has 18 heavy (non-hydrogen) atoms. The van der Waals surface area contributed by atoms with Gasteiger partial charge < -0.3 is 9.84 Å². The van der Waals surface area contributed by atoms with Crippen molar-refractivity contribution in [1.82, 2.24) is 4.98 Å². The molecule has 1 heterocycles. The number of hydrogen-bond donors (Lipinski definition) is 1. The van der Waals surface area contributed by atoms with E-state index >= 15 is 0 Å². The number of aliphatic hydroxyl groups is 1. The van der Waals surface area contributed by atoms with Gasteiger partial charge in [-0.3, -0.25) is 4.98 Å². The summed E-state index contributed by atoms with van der Waals surface area (Å²) in [6.07, 6.45) is 2.38. The van der Waals surface area contributed by atoms with Crippen LogP contribution in [0.5, 0.6) is 5.75 Å². The second-order valence-corrected chi connectivity index (χ2v) is 4.09. The van der Waals surface area contributed by atoms with Crippen LogP contribution in [0.3, 0.4) is 0 Å². The van der Waals surface area contributed by atoms with Crippen LogP contribution in [-0.4, -0.2) is 17.2 Å². The molecule has 0 aliphatic rings. The Morgan fingerprint density at radius 2 is 2.00 bits per heavy atom. The van der Waals surface area contributed by atoms with E-state index in [0.717, 1.165) is 5.56 Å². The van der Waals surface area contributed by atoms with Crippen molar-refractivity contribution in [1.29, 1.82) is 0 Å². The maximum atomic E-state index is 13.6. The lowest BCUT2D eigenvalue weighted by atomic mass is 10.0. The first-order valence-electron chi connectivity index (χ1n) is 5.55. The third kappa shape index (κ3) is 2.49. The van der Waals surface area contributed by atoms with Crippen LogP contribution in [0.2, 0.25) is 0 Å². The molecule has 3 nitrogen and oxygen atoms in total. The smallest absolute Gasteiger partial charge is 0.165 e. The van der Waals surface area contributed by atoms with Crippen LogP contribution in [0.15, 0.2) is 36.7 Å². The summed E-state index contributed by atoms with van der Waals surface area (Å²) < 4.78 is 18.4. The van der Waals surface area contributed by atoms with Crippen LogP contribution in [0, 0.1) is 12.7 Å². The average molecular weight is 247 g/mol. The predicted molar refractivity (Wildman–Crippen MR) is 66.0 cm³/mol. The lowest BCUT2D eigenvalue weighted by Crippen LogP contribution is -2.02. The summed E-state index contributed by atoms with van der Waals surface area (Å²) >= 11 is 0. The SMILES string of the molecule is COc1ccc(C(O)c2cncc(C)c2)cc1F. The maximum absolute atomic E-state index is 13.6. The summed E-state index contributed by atoms with van der Waals surface area (Å²) in [6, 6.07) is 6.22. The average Bonchev–Trinajstić information content (AvgIpc) is 2.37. The monoisotopic (exact) mass is 247 g/mol. The molecular formula is C14H14FNO2. The van der Waals surface area contributed by atoms with Crippen molar-refractivity contribution < 1.29 is 14.2 Å². The van der Waals surface area contributed by atoms with Gasteiger partial charge in [0.2, 0.25) is 0 Å². The van der Waals surface area contributed by atoms with Crippen LogP contribution in [0.4, 0.5) is 4.39 Å². The van der Waals surface area contributed by atoms with Crippen molar-refractivity contribution in [2.75, 3.05) is 7.11 Å². The summed E-state index contributed by atoms with van der Waals surface area (Å²) in [5.74, 6) is -0.331. The Morgan fingerprint density at radius 3 is 2.61 bits per heavy atom. The van der Waals surface area contributed by atoms with Crippen molar-refractivity contribution >= 4 is 0 Å². The minimum atomic E-state index is -0.891. The zero-order chi connectivity index (χ0) is 13.1. The number of nitrogens with zero attached hydrogens (tertiary/aromatic N) is 1. The van der Waals surface area contributed by atoms with Crippen molar-refractivity contribution in [3.05, 3.63) is 59.2 Å². The molecule has 1 unspecified atom stereocenters. The molecule has 0 radical (unpaired) electrons. The highest BCUT2D eigenvalue weighted by Gasteiger charge is 2.13. The van der Waals surface area contributed by atoms with Gasteiger partial charge in [-0.1, -0.05) is 12.1 Å². The number of benzene rings is 1. The molecule has 1 N–H and O–H groups in total. The van der Waals surface area contributed by atoms with Crippen LogP contribution >= 0.6 is 0 Å². The molecule has 2 rings (SSSR count). The zero-order valence-corrected chi connectivity index (χ0v) is 10.2. The normalized spacial score (nSPS) is 12.2. The Labute approximate surface area is 105 Å². The molecule has 1 atom stereocenters. The van der Waals surface area contributed by atoms with Crippen LogP contribution in [0.25, 0.3) is 0 Å². The maximum Gasteiger partial charge on any atom is 0.165 e. The molecule has 0 amide bonds. The highest BCUT2D eigenvalue weighted by Crippen LogP contribution is 2.26. The van der Waals surface area contributed by atoms with Gasteiger partial charge in [0, 0.05) is 18.0 Å². The number of aliphatic hydroxyl groups excluding tert-OH is 1. The minimum absolute atomic E-state index is 0.160. The zero-order valence-electron chi connectivity index (χ0n) is 10.2. The summed E-state index contributed by atoms with van der Waals surface area (Å²) in [7, 11) is 1.40. The molecule has 4 heteroatoms. The second-order valence-electron chi connectivity index (χ2n) is 4.09. The van der Waals surface area contributed by atoms with E-state index in [-0.39, 0.29) is 5.75 Å². The van der Waals surface area contributed by atoms with Gasteiger partial charge in [-0.25, -0.2) is 4.39 Å². The number of ether oxygens (including phenoxy) is 1. The van der Waals surface area contributed by atoms with E-state index < -0.39 is 11.9 Å². The summed E-state index contributed by atoms with van der Waals surface area (Å²) in [5, 5.41) is 10.2. The Balaban J connectivity index is 2.34. The second kappa shape index (κ2) is 5.14. The molecule has 0 fully saturated rings. The topological polar surface area (TPSA) is 42.4 Å². The van der Waals surface area contributed by atoms with E-state index in [1.165, 1.54) is 19.2 Å². The molecule has 0 saturated carbocycles. The van der Waals surface area contributed by atoms with E-state index in [2.05, 4.69) is 4.98 Å². The van der Waals surface area contributed by atoms with E-state index in [0.29, 0.717) is 11.1 Å².